The van der Waals surface area contributed by atoms with Crippen molar-refractivity contribution in [3.8, 4) is 0 Å². The van der Waals surface area contributed by atoms with Crippen molar-refractivity contribution in [1.29, 1.82) is 0 Å². The van der Waals surface area contributed by atoms with Crippen molar-refractivity contribution in [3.05, 3.63) is 0 Å². The zero-order valence-electron chi connectivity index (χ0n) is 10.0. The van der Waals surface area contributed by atoms with Gasteiger partial charge in [0.1, 0.15) is 0 Å². The Balaban J connectivity index is 2.42. The van der Waals surface area contributed by atoms with E-state index in [0.717, 1.165) is 13.0 Å². The maximum atomic E-state index is 11.9. The van der Waals surface area contributed by atoms with Crippen LogP contribution < -0.4 is 5.32 Å². The lowest BCUT2D eigenvalue weighted by Gasteiger charge is -2.42. The first kappa shape index (κ1) is 12.5. The summed E-state index contributed by atoms with van der Waals surface area (Å²) in [6.07, 6.45) is 1.06. The smallest absolute Gasteiger partial charge is 0.237 e. The Morgan fingerprint density at radius 2 is 2.27 bits per heavy atom. The monoisotopic (exact) mass is 214 g/mol. The SMILES string of the molecule is CCCNCC(=O)N1CCOCC1(C)C. The van der Waals surface area contributed by atoms with Crippen molar-refractivity contribution in [2.24, 2.45) is 0 Å². The molecule has 0 aromatic carbocycles. The lowest BCUT2D eigenvalue weighted by Crippen LogP contribution is -2.57. The van der Waals surface area contributed by atoms with Crippen LogP contribution in [-0.2, 0) is 9.53 Å². The van der Waals surface area contributed by atoms with Crippen molar-refractivity contribution in [2.75, 3.05) is 32.8 Å². The number of nitrogens with zero attached hydrogens (tertiary/aromatic N) is 1. The van der Waals surface area contributed by atoms with E-state index in [4.69, 9.17) is 4.74 Å². The van der Waals surface area contributed by atoms with Gasteiger partial charge in [-0.05, 0) is 26.8 Å². The highest BCUT2D eigenvalue weighted by Crippen LogP contribution is 2.18. The van der Waals surface area contributed by atoms with Gasteiger partial charge in [0.25, 0.3) is 0 Å². The lowest BCUT2D eigenvalue weighted by molar-refractivity contribution is -0.145. The second-order valence-electron chi connectivity index (χ2n) is 4.59. The van der Waals surface area contributed by atoms with Gasteiger partial charge in [-0.25, -0.2) is 0 Å². The van der Waals surface area contributed by atoms with Crippen LogP contribution >= 0.6 is 0 Å². The van der Waals surface area contributed by atoms with Gasteiger partial charge in [0.15, 0.2) is 0 Å². The second kappa shape index (κ2) is 5.47. The minimum Gasteiger partial charge on any atom is -0.377 e. The normalized spacial score (nSPS) is 20.3. The zero-order valence-corrected chi connectivity index (χ0v) is 10.0. The molecule has 1 saturated heterocycles. The van der Waals surface area contributed by atoms with Crippen molar-refractivity contribution in [1.82, 2.24) is 10.2 Å². The van der Waals surface area contributed by atoms with Crippen LogP contribution in [0.1, 0.15) is 27.2 Å². The van der Waals surface area contributed by atoms with Crippen molar-refractivity contribution >= 4 is 5.91 Å². The number of hydrogen-bond donors (Lipinski definition) is 1. The molecule has 0 saturated carbocycles. The Hall–Kier alpha value is -0.610. The highest BCUT2D eigenvalue weighted by atomic mass is 16.5. The summed E-state index contributed by atoms with van der Waals surface area (Å²) in [6.45, 7) is 9.52. The molecule has 1 fully saturated rings. The highest BCUT2D eigenvalue weighted by molar-refractivity contribution is 5.79. The number of rotatable bonds is 4. The van der Waals surface area contributed by atoms with Crippen LogP contribution in [0.3, 0.4) is 0 Å². The summed E-state index contributed by atoms with van der Waals surface area (Å²) in [4.78, 5) is 13.8. The maximum Gasteiger partial charge on any atom is 0.237 e. The van der Waals surface area contributed by atoms with E-state index < -0.39 is 0 Å². The molecule has 0 atom stereocenters. The van der Waals surface area contributed by atoms with Crippen molar-refractivity contribution < 1.29 is 9.53 Å². The molecule has 1 aliphatic heterocycles. The molecule has 0 radical (unpaired) electrons. The van der Waals surface area contributed by atoms with Gasteiger partial charge >= 0.3 is 0 Å². The van der Waals surface area contributed by atoms with Crippen LogP contribution in [0, 0.1) is 0 Å². The molecular weight excluding hydrogens is 192 g/mol. The molecule has 1 aliphatic rings. The fourth-order valence-electron chi connectivity index (χ4n) is 1.79. The van der Waals surface area contributed by atoms with Crippen LogP contribution in [0.15, 0.2) is 0 Å². The van der Waals surface area contributed by atoms with E-state index >= 15 is 0 Å². The van der Waals surface area contributed by atoms with E-state index in [9.17, 15) is 4.79 Å². The van der Waals surface area contributed by atoms with E-state index in [1.54, 1.807) is 0 Å². The van der Waals surface area contributed by atoms with Crippen LogP contribution in [0.2, 0.25) is 0 Å². The Bertz CT molecular complexity index is 217. The molecule has 4 nitrogen and oxygen atoms in total. The number of carbonyl (C=O) groups is 1. The molecule has 0 aromatic rings. The molecular formula is C11H22N2O2. The third kappa shape index (κ3) is 3.47. The number of hydrogen-bond acceptors (Lipinski definition) is 3. The van der Waals surface area contributed by atoms with Crippen LogP contribution in [-0.4, -0.2) is 49.2 Å². The summed E-state index contributed by atoms with van der Waals surface area (Å²) in [5, 5.41) is 3.14. The van der Waals surface area contributed by atoms with Gasteiger partial charge in [-0.15, -0.1) is 0 Å². The van der Waals surface area contributed by atoms with E-state index in [0.29, 0.717) is 26.3 Å². The van der Waals surface area contributed by atoms with Gasteiger partial charge < -0.3 is 15.0 Å². The first-order valence-corrected chi connectivity index (χ1v) is 5.67. The van der Waals surface area contributed by atoms with Crippen molar-refractivity contribution in [3.63, 3.8) is 0 Å². The average molecular weight is 214 g/mol. The van der Waals surface area contributed by atoms with Crippen molar-refractivity contribution in [2.45, 2.75) is 32.7 Å². The minimum absolute atomic E-state index is 0.163. The average Bonchev–Trinajstić information content (AvgIpc) is 2.17. The standard InChI is InChI=1S/C11H22N2O2/c1-4-5-12-8-10(14)13-6-7-15-9-11(13,2)3/h12H,4-9H2,1-3H3. The second-order valence-corrected chi connectivity index (χ2v) is 4.59. The predicted octanol–water partition coefficient (Wildman–Crippen LogP) is 0.623. The fourth-order valence-corrected chi connectivity index (χ4v) is 1.79. The Morgan fingerprint density at radius 3 is 2.87 bits per heavy atom. The van der Waals surface area contributed by atoms with Gasteiger partial charge in [-0.1, -0.05) is 6.92 Å². The summed E-state index contributed by atoms with van der Waals surface area (Å²) >= 11 is 0. The molecule has 1 amide bonds. The van der Waals surface area contributed by atoms with Gasteiger partial charge in [-0.2, -0.15) is 0 Å². The largest absolute Gasteiger partial charge is 0.377 e. The molecule has 1 rings (SSSR count). The van der Waals surface area contributed by atoms with Gasteiger partial charge in [0.05, 0.1) is 25.3 Å². The maximum absolute atomic E-state index is 11.9. The zero-order chi connectivity index (χ0) is 11.3. The minimum atomic E-state index is -0.163. The first-order valence-electron chi connectivity index (χ1n) is 5.67. The topological polar surface area (TPSA) is 41.6 Å². The van der Waals surface area contributed by atoms with E-state index in [-0.39, 0.29) is 11.4 Å². The van der Waals surface area contributed by atoms with Crippen LogP contribution in [0.4, 0.5) is 0 Å². The predicted molar refractivity (Wildman–Crippen MR) is 59.8 cm³/mol. The highest BCUT2D eigenvalue weighted by Gasteiger charge is 2.33. The third-order valence-electron chi connectivity index (χ3n) is 2.65. The number of carbonyl (C=O) groups excluding carboxylic acids is 1. The van der Waals surface area contributed by atoms with E-state index in [2.05, 4.69) is 12.2 Å². The Labute approximate surface area is 92.0 Å². The molecule has 15 heavy (non-hydrogen) atoms. The quantitative estimate of drug-likeness (QED) is 0.698. The number of nitrogens with one attached hydrogen (secondary N) is 1. The van der Waals surface area contributed by atoms with E-state index in [1.165, 1.54) is 0 Å². The number of ether oxygens (including phenoxy) is 1. The molecule has 1 heterocycles. The first-order chi connectivity index (χ1) is 7.08. The van der Waals surface area contributed by atoms with Crippen LogP contribution in [0.5, 0.6) is 0 Å². The molecule has 0 aliphatic carbocycles. The molecule has 1 N–H and O–H groups in total. The third-order valence-corrected chi connectivity index (χ3v) is 2.65. The Morgan fingerprint density at radius 1 is 1.53 bits per heavy atom. The molecule has 0 unspecified atom stereocenters. The Kier molecular flexibility index (Phi) is 4.54. The summed E-state index contributed by atoms with van der Waals surface area (Å²) in [5.41, 5.74) is -0.163. The summed E-state index contributed by atoms with van der Waals surface area (Å²) in [6, 6.07) is 0. The number of amides is 1. The lowest BCUT2D eigenvalue weighted by atomic mass is 10.0. The molecule has 88 valence electrons. The molecule has 0 aromatic heterocycles. The van der Waals surface area contributed by atoms with Gasteiger partial charge in [-0.3, -0.25) is 4.79 Å². The summed E-state index contributed by atoms with van der Waals surface area (Å²) in [5.74, 6) is 0.178. The van der Waals surface area contributed by atoms with Gasteiger partial charge in [0, 0.05) is 6.54 Å². The van der Waals surface area contributed by atoms with Gasteiger partial charge in [0.2, 0.25) is 5.91 Å². The molecule has 0 bridgehead atoms. The van der Waals surface area contributed by atoms with Crippen LogP contribution in [0.25, 0.3) is 0 Å². The van der Waals surface area contributed by atoms with E-state index in [1.807, 2.05) is 18.7 Å². The summed E-state index contributed by atoms with van der Waals surface area (Å²) < 4.78 is 5.38. The molecule has 0 spiro atoms. The fraction of sp³-hybridized carbons (Fsp3) is 0.909. The summed E-state index contributed by atoms with van der Waals surface area (Å²) in [7, 11) is 0. The molecule has 4 heteroatoms. The number of morpholine rings is 1.